The van der Waals surface area contributed by atoms with Crippen LogP contribution in [0.15, 0.2) is 66.0 Å². The third-order valence-electron chi connectivity index (χ3n) is 4.27. The second kappa shape index (κ2) is 6.13. The molecule has 0 saturated heterocycles. The van der Waals surface area contributed by atoms with E-state index in [4.69, 9.17) is 4.74 Å². The summed E-state index contributed by atoms with van der Waals surface area (Å²) in [6, 6.07) is 19.5. The Labute approximate surface area is 144 Å². The van der Waals surface area contributed by atoms with Gasteiger partial charge in [-0.1, -0.05) is 42.5 Å². The van der Waals surface area contributed by atoms with E-state index in [1.165, 1.54) is 0 Å². The highest BCUT2D eigenvalue weighted by Gasteiger charge is 2.32. The predicted molar refractivity (Wildman–Crippen MR) is 95.7 cm³/mol. The predicted octanol–water partition coefficient (Wildman–Crippen LogP) is 4.86. The van der Waals surface area contributed by atoms with Crippen LogP contribution in [0.1, 0.15) is 34.9 Å². The normalized spacial score (nSPS) is 14.2. The van der Waals surface area contributed by atoms with Crippen LogP contribution in [-0.2, 0) is 4.79 Å². The van der Waals surface area contributed by atoms with E-state index in [1.54, 1.807) is 11.3 Å². The first-order valence-electron chi connectivity index (χ1n) is 7.93. The maximum atomic E-state index is 13.1. The second-order valence-corrected chi connectivity index (χ2v) is 6.84. The number of fused-ring (bicyclic) bond motifs is 2. The second-order valence-electron chi connectivity index (χ2n) is 5.86. The Morgan fingerprint density at radius 1 is 1.00 bits per heavy atom. The summed E-state index contributed by atoms with van der Waals surface area (Å²) in [4.78, 5) is 14.2. The van der Waals surface area contributed by atoms with Crippen LogP contribution in [-0.4, -0.2) is 5.91 Å². The molecule has 120 valence electrons. The summed E-state index contributed by atoms with van der Waals surface area (Å²) in [5.74, 6) is 1.15. The van der Waals surface area contributed by atoms with Crippen LogP contribution < -0.4 is 10.1 Å². The van der Waals surface area contributed by atoms with Gasteiger partial charge in [0.2, 0.25) is 5.91 Å². The zero-order valence-electron chi connectivity index (χ0n) is 13.2. The van der Waals surface area contributed by atoms with Gasteiger partial charge in [0.25, 0.3) is 0 Å². The Morgan fingerprint density at radius 2 is 1.62 bits per heavy atom. The van der Waals surface area contributed by atoms with E-state index < -0.39 is 0 Å². The van der Waals surface area contributed by atoms with Gasteiger partial charge in [-0.15, -0.1) is 11.3 Å². The molecular formula is C20H17NO2S. The summed E-state index contributed by atoms with van der Waals surface area (Å²) in [7, 11) is 0. The Kier molecular flexibility index (Phi) is 3.82. The minimum atomic E-state index is -0.353. The highest BCUT2D eigenvalue weighted by atomic mass is 32.1. The van der Waals surface area contributed by atoms with Crippen molar-refractivity contribution in [2.75, 3.05) is 0 Å². The zero-order valence-corrected chi connectivity index (χ0v) is 14.0. The SMILES string of the molecule is C[C@H](NC(=O)C1c2ccccc2Oc2ccccc21)c1cccs1. The summed E-state index contributed by atoms with van der Waals surface area (Å²) in [5, 5.41) is 5.17. The Bertz CT molecular complexity index is 827. The standard InChI is InChI=1S/C20H17NO2S/c1-13(18-11-6-12-24-18)21-20(22)19-14-7-2-4-9-16(14)23-17-10-5-3-8-15(17)19/h2-13,19H,1H3,(H,21,22)/t13-/m0/s1. The van der Waals surface area contributed by atoms with Crippen molar-refractivity contribution in [3.63, 3.8) is 0 Å². The van der Waals surface area contributed by atoms with Crippen LogP contribution in [0.5, 0.6) is 11.5 Å². The number of hydrogen-bond donors (Lipinski definition) is 1. The molecule has 3 aromatic rings. The largest absolute Gasteiger partial charge is 0.457 e. The van der Waals surface area contributed by atoms with Crippen LogP contribution >= 0.6 is 11.3 Å². The molecule has 1 aliphatic rings. The molecule has 0 saturated carbocycles. The number of para-hydroxylation sites is 2. The monoisotopic (exact) mass is 335 g/mol. The lowest BCUT2D eigenvalue weighted by molar-refractivity contribution is -0.122. The molecule has 0 spiro atoms. The fraction of sp³-hybridized carbons (Fsp3) is 0.150. The van der Waals surface area contributed by atoms with Gasteiger partial charge >= 0.3 is 0 Å². The van der Waals surface area contributed by atoms with Crippen LogP contribution in [0.25, 0.3) is 0 Å². The van der Waals surface area contributed by atoms with Crippen LogP contribution in [0.2, 0.25) is 0 Å². The van der Waals surface area contributed by atoms with Crippen molar-refractivity contribution in [3.8, 4) is 11.5 Å². The van der Waals surface area contributed by atoms with Crippen molar-refractivity contribution in [3.05, 3.63) is 82.0 Å². The first-order valence-corrected chi connectivity index (χ1v) is 8.81. The maximum absolute atomic E-state index is 13.1. The van der Waals surface area contributed by atoms with E-state index in [1.807, 2.05) is 73.0 Å². The Hall–Kier alpha value is -2.59. The molecule has 3 nitrogen and oxygen atoms in total. The Morgan fingerprint density at radius 3 is 2.21 bits per heavy atom. The first kappa shape index (κ1) is 15.0. The van der Waals surface area contributed by atoms with E-state index in [9.17, 15) is 4.79 Å². The molecule has 1 aromatic heterocycles. The van der Waals surface area contributed by atoms with Gasteiger partial charge in [-0.25, -0.2) is 0 Å². The molecule has 0 bridgehead atoms. The summed E-state index contributed by atoms with van der Waals surface area (Å²) in [6.45, 7) is 2.01. The van der Waals surface area contributed by atoms with Crippen LogP contribution in [0, 0.1) is 0 Å². The van der Waals surface area contributed by atoms with Crippen molar-refractivity contribution in [1.29, 1.82) is 0 Å². The fourth-order valence-corrected chi connectivity index (χ4v) is 3.83. The lowest BCUT2D eigenvalue weighted by atomic mass is 9.87. The molecule has 0 fully saturated rings. The zero-order chi connectivity index (χ0) is 16.5. The van der Waals surface area contributed by atoms with Crippen molar-refractivity contribution >= 4 is 17.2 Å². The molecule has 0 unspecified atom stereocenters. The van der Waals surface area contributed by atoms with E-state index in [2.05, 4.69) is 5.32 Å². The molecule has 0 radical (unpaired) electrons. The molecule has 4 rings (SSSR count). The molecule has 4 heteroatoms. The van der Waals surface area contributed by atoms with E-state index in [0.29, 0.717) is 0 Å². The summed E-state index contributed by atoms with van der Waals surface area (Å²) < 4.78 is 5.96. The molecule has 2 heterocycles. The quantitative estimate of drug-likeness (QED) is 0.742. The van der Waals surface area contributed by atoms with Gasteiger partial charge in [0.1, 0.15) is 11.5 Å². The number of carbonyl (C=O) groups excluding carboxylic acids is 1. The highest BCUT2D eigenvalue weighted by Crippen LogP contribution is 2.44. The molecule has 1 aliphatic heterocycles. The average Bonchev–Trinajstić information content (AvgIpc) is 3.14. The van der Waals surface area contributed by atoms with Crippen molar-refractivity contribution in [2.24, 2.45) is 0 Å². The van der Waals surface area contributed by atoms with Gasteiger partial charge in [0.15, 0.2) is 0 Å². The molecule has 1 atom stereocenters. The maximum Gasteiger partial charge on any atom is 0.232 e. The fourth-order valence-electron chi connectivity index (χ4n) is 3.10. The smallest absolute Gasteiger partial charge is 0.232 e. The lowest BCUT2D eigenvalue weighted by Gasteiger charge is -2.28. The molecule has 24 heavy (non-hydrogen) atoms. The summed E-state index contributed by atoms with van der Waals surface area (Å²) >= 11 is 1.65. The number of rotatable bonds is 3. The molecule has 1 amide bonds. The number of nitrogens with one attached hydrogen (secondary N) is 1. The summed E-state index contributed by atoms with van der Waals surface area (Å²) in [6.07, 6.45) is 0. The van der Waals surface area contributed by atoms with Gasteiger partial charge in [-0.05, 0) is 30.5 Å². The Balaban J connectivity index is 1.70. The molecule has 1 N–H and O–H groups in total. The topological polar surface area (TPSA) is 38.3 Å². The minimum absolute atomic E-state index is 0.000833. The summed E-state index contributed by atoms with van der Waals surface area (Å²) in [5.41, 5.74) is 1.82. The number of benzene rings is 2. The minimum Gasteiger partial charge on any atom is -0.457 e. The van der Waals surface area contributed by atoms with Crippen LogP contribution in [0.3, 0.4) is 0 Å². The highest BCUT2D eigenvalue weighted by molar-refractivity contribution is 7.10. The van der Waals surface area contributed by atoms with Gasteiger partial charge in [0, 0.05) is 16.0 Å². The first-order chi connectivity index (χ1) is 11.7. The molecule has 2 aromatic carbocycles. The molecular weight excluding hydrogens is 318 g/mol. The van der Waals surface area contributed by atoms with Gasteiger partial charge in [-0.3, -0.25) is 4.79 Å². The van der Waals surface area contributed by atoms with Crippen molar-refractivity contribution < 1.29 is 9.53 Å². The molecule has 0 aliphatic carbocycles. The van der Waals surface area contributed by atoms with Crippen LogP contribution in [0.4, 0.5) is 0 Å². The number of amides is 1. The third kappa shape index (κ3) is 2.59. The number of ether oxygens (including phenoxy) is 1. The number of thiophene rings is 1. The van der Waals surface area contributed by atoms with Crippen molar-refractivity contribution in [1.82, 2.24) is 5.32 Å². The number of hydrogen-bond acceptors (Lipinski definition) is 3. The van der Waals surface area contributed by atoms with Gasteiger partial charge in [0.05, 0.1) is 12.0 Å². The number of carbonyl (C=O) groups is 1. The van der Waals surface area contributed by atoms with E-state index in [-0.39, 0.29) is 17.9 Å². The van der Waals surface area contributed by atoms with Crippen molar-refractivity contribution in [2.45, 2.75) is 18.9 Å². The van der Waals surface area contributed by atoms with E-state index >= 15 is 0 Å². The van der Waals surface area contributed by atoms with Gasteiger partial charge < -0.3 is 10.1 Å². The average molecular weight is 335 g/mol. The van der Waals surface area contributed by atoms with E-state index in [0.717, 1.165) is 27.5 Å². The lowest BCUT2D eigenvalue weighted by Crippen LogP contribution is -2.33. The van der Waals surface area contributed by atoms with Gasteiger partial charge in [-0.2, -0.15) is 0 Å². The third-order valence-corrected chi connectivity index (χ3v) is 5.33.